The number of thioether (sulfide) groups is 1. The molecule has 0 radical (unpaired) electrons. The van der Waals surface area contributed by atoms with E-state index in [1.165, 1.54) is 0 Å². The number of hydrogen-bond donors (Lipinski definition) is 1. The molecule has 1 aromatic rings. The van der Waals surface area contributed by atoms with Crippen molar-refractivity contribution in [3.8, 4) is 0 Å². The van der Waals surface area contributed by atoms with Gasteiger partial charge in [0.2, 0.25) is 0 Å². The third kappa shape index (κ3) is 4.82. The number of ether oxygens (including phenoxy) is 1. The molecule has 0 aliphatic carbocycles. The summed E-state index contributed by atoms with van der Waals surface area (Å²) in [4.78, 5) is 9.13. The van der Waals surface area contributed by atoms with E-state index in [1.807, 2.05) is 13.1 Å². The molecule has 0 aromatic carbocycles. The van der Waals surface area contributed by atoms with Crippen LogP contribution < -0.4 is 5.32 Å². The molecule has 0 saturated heterocycles. The van der Waals surface area contributed by atoms with Gasteiger partial charge in [0.25, 0.3) is 0 Å². The molecule has 0 aliphatic heterocycles. The highest BCUT2D eigenvalue weighted by Crippen LogP contribution is 2.25. The molecule has 0 bridgehead atoms. The van der Waals surface area contributed by atoms with Gasteiger partial charge in [0.05, 0.1) is 0 Å². The van der Waals surface area contributed by atoms with Crippen LogP contribution in [-0.2, 0) is 10.2 Å². The van der Waals surface area contributed by atoms with Crippen molar-refractivity contribution in [1.82, 2.24) is 9.97 Å². The lowest BCUT2D eigenvalue weighted by atomic mass is 9.96. The maximum Gasteiger partial charge on any atom is 0.137 e. The molecule has 102 valence electrons. The fourth-order valence-electron chi connectivity index (χ4n) is 1.34. The molecule has 0 unspecified atom stereocenters. The molecule has 0 atom stereocenters. The molecule has 0 spiro atoms. The van der Waals surface area contributed by atoms with Crippen LogP contribution in [-0.4, -0.2) is 36.5 Å². The number of methoxy groups -OCH3 is 1. The molecule has 4 nitrogen and oxygen atoms in total. The van der Waals surface area contributed by atoms with Crippen LogP contribution in [0.3, 0.4) is 0 Å². The van der Waals surface area contributed by atoms with E-state index in [0.29, 0.717) is 0 Å². The van der Waals surface area contributed by atoms with Gasteiger partial charge in [0, 0.05) is 38.0 Å². The average molecular weight is 269 g/mol. The maximum atomic E-state index is 5.04. The van der Waals surface area contributed by atoms with E-state index in [4.69, 9.17) is 4.74 Å². The van der Waals surface area contributed by atoms with E-state index in [9.17, 15) is 0 Å². The lowest BCUT2D eigenvalue weighted by molar-refractivity contribution is 0.200. The van der Waals surface area contributed by atoms with Crippen molar-refractivity contribution < 1.29 is 4.74 Å². The van der Waals surface area contributed by atoms with Gasteiger partial charge in [-0.25, -0.2) is 9.97 Å². The summed E-state index contributed by atoms with van der Waals surface area (Å²) in [7, 11) is 3.61. The minimum atomic E-state index is -0.0330. The van der Waals surface area contributed by atoms with E-state index in [2.05, 4.69) is 36.1 Å². The van der Waals surface area contributed by atoms with Crippen LogP contribution in [0.2, 0.25) is 0 Å². The zero-order valence-electron chi connectivity index (χ0n) is 11.9. The second kappa shape index (κ2) is 6.95. The summed E-state index contributed by atoms with van der Waals surface area (Å²) >= 11 is 1.75. The van der Waals surface area contributed by atoms with Crippen molar-refractivity contribution in [1.29, 1.82) is 0 Å². The van der Waals surface area contributed by atoms with Crippen molar-refractivity contribution >= 4 is 17.6 Å². The van der Waals surface area contributed by atoms with Gasteiger partial charge < -0.3 is 10.1 Å². The number of rotatable bonds is 6. The smallest absolute Gasteiger partial charge is 0.137 e. The molecule has 0 saturated carbocycles. The zero-order chi connectivity index (χ0) is 13.6. The quantitative estimate of drug-likeness (QED) is 0.489. The summed E-state index contributed by atoms with van der Waals surface area (Å²) in [6, 6.07) is 1.99. The van der Waals surface area contributed by atoms with E-state index in [0.717, 1.165) is 35.4 Å². The first-order chi connectivity index (χ1) is 8.47. The predicted molar refractivity (Wildman–Crippen MR) is 77.5 cm³/mol. The number of aromatic nitrogens is 2. The first-order valence-corrected chi connectivity index (χ1v) is 7.15. The minimum absolute atomic E-state index is 0.0330. The molecular formula is C13H23N3OS. The van der Waals surface area contributed by atoms with Crippen molar-refractivity contribution in [3.63, 3.8) is 0 Å². The Hall–Kier alpha value is -0.810. The highest BCUT2D eigenvalue weighted by Gasteiger charge is 2.18. The van der Waals surface area contributed by atoms with Crippen LogP contribution in [0.15, 0.2) is 11.1 Å². The third-order valence-electron chi connectivity index (χ3n) is 2.37. The number of nitrogens with one attached hydrogen (secondary N) is 1. The maximum absolute atomic E-state index is 5.04. The summed E-state index contributed by atoms with van der Waals surface area (Å²) in [6.07, 6.45) is 1.03. The number of nitrogens with zero attached hydrogens (tertiary/aromatic N) is 2. The van der Waals surface area contributed by atoms with Crippen molar-refractivity contribution in [2.75, 3.05) is 31.8 Å². The highest BCUT2D eigenvalue weighted by atomic mass is 32.2. The van der Waals surface area contributed by atoms with Crippen molar-refractivity contribution in [2.24, 2.45) is 0 Å². The molecule has 1 aromatic heterocycles. The summed E-state index contributed by atoms with van der Waals surface area (Å²) in [6.45, 7) is 7.17. The summed E-state index contributed by atoms with van der Waals surface area (Å²) in [5, 5.41) is 4.12. The van der Waals surface area contributed by atoms with Crippen LogP contribution in [0, 0.1) is 0 Å². The van der Waals surface area contributed by atoms with Gasteiger partial charge in [-0.1, -0.05) is 20.8 Å². The normalized spacial score (nSPS) is 11.6. The Bertz CT molecular complexity index is 377. The largest absolute Gasteiger partial charge is 0.385 e. The van der Waals surface area contributed by atoms with Crippen LogP contribution in [0.1, 0.15) is 33.0 Å². The van der Waals surface area contributed by atoms with Gasteiger partial charge >= 0.3 is 0 Å². The Morgan fingerprint density at radius 1 is 1.33 bits per heavy atom. The van der Waals surface area contributed by atoms with Crippen LogP contribution in [0.4, 0.5) is 5.82 Å². The fraction of sp³-hybridized carbons (Fsp3) is 0.692. The molecular weight excluding hydrogens is 246 g/mol. The topological polar surface area (TPSA) is 47.0 Å². The SMILES string of the molecule is CNc1cc(SCCCOC)nc(C(C)(C)C)n1. The van der Waals surface area contributed by atoms with Crippen LogP contribution in [0.5, 0.6) is 0 Å². The summed E-state index contributed by atoms with van der Waals surface area (Å²) in [5.74, 6) is 2.77. The first-order valence-electron chi connectivity index (χ1n) is 6.16. The lowest BCUT2D eigenvalue weighted by Gasteiger charge is -2.18. The Labute approximate surface area is 114 Å². The first kappa shape index (κ1) is 15.2. The summed E-state index contributed by atoms with van der Waals surface area (Å²) < 4.78 is 5.04. The van der Waals surface area contributed by atoms with E-state index in [1.54, 1.807) is 18.9 Å². The number of anilines is 1. The van der Waals surface area contributed by atoms with Crippen molar-refractivity contribution in [3.05, 3.63) is 11.9 Å². The lowest BCUT2D eigenvalue weighted by Crippen LogP contribution is -2.17. The molecule has 0 aliphatic rings. The van der Waals surface area contributed by atoms with Gasteiger partial charge in [-0.15, -0.1) is 11.8 Å². The second-order valence-corrected chi connectivity index (χ2v) is 6.23. The van der Waals surface area contributed by atoms with E-state index < -0.39 is 0 Å². The Kier molecular flexibility index (Phi) is 5.88. The Morgan fingerprint density at radius 2 is 2.06 bits per heavy atom. The minimum Gasteiger partial charge on any atom is -0.385 e. The van der Waals surface area contributed by atoms with Gasteiger partial charge in [-0.3, -0.25) is 0 Å². The molecule has 1 N–H and O–H groups in total. The molecule has 1 heterocycles. The monoisotopic (exact) mass is 269 g/mol. The zero-order valence-corrected chi connectivity index (χ0v) is 12.7. The molecule has 0 amide bonds. The Morgan fingerprint density at radius 3 is 2.61 bits per heavy atom. The van der Waals surface area contributed by atoms with E-state index in [-0.39, 0.29) is 5.41 Å². The Balaban J connectivity index is 2.78. The van der Waals surface area contributed by atoms with Crippen LogP contribution in [0.25, 0.3) is 0 Å². The fourth-order valence-corrected chi connectivity index (χ4v) is 2.16. The number of hydrogen-bond acceptors (Lipinski definition) is 5. The molecule has 5 heteroatoms. The van der Waals surface area contributed by atoms with Crippen molar-refractivity contribution in [2.45, 2.75) is 37.6 Å². The van der Waals surface area contributed by atoms with Gasteiger partial charge in [-0.05, 0) is 6.42 Å². The average Bonchev–Trinajstić information content (AvgIpc) is 2.33. The van der Waals surface area contributed by atoms with E-state index >= 15 is 0 Å². The predicted octanol–water partition coefficient (Wildman–Crippen LogP) is 2.94. The second-order valence-electron chi connectivity index (χ2n) is 5.11. The summed E-state index contributed by atoms with van der Waals surface area (Å²) in [5.41, 5.74) is -0.0330. The molecule has 1 rings (SSSR count). The highest BCUT2D eigenvalue weighted by molar-refractivity contribution is 7.99. The third-order valence-corrected chi connectivity index (χ3v) is 3.37. The van der Waals surface area contributed by atoms with Gasteiger partial charge in [0.15, 0.2) is 0 Å². The molecule has 0 fully saturated rings. The standard InChI is InChI=1S/C13H23N3OS/c1-13(2,3)12-15-10(14-4)9-11(16-12)18-8-6-7-17-5/h9H,6-8H2,1-5H3,(H,14,15,16). The molecule has 18 heavy (non-hydrogen) atoms. The van der Waals surface area contributed by atoms with Crippen LogP contribution >= 0.6 is 11.8 Å². The van der Waals surface area contributed by atoms with Gasteiger partial charge in [0.1, 0.15) is 16.7 Å². The van der Waals surface area contributed by atoms with Gasteiger partial charge in [-0.2, -0.15) is 0 Å².